The number of nitrogens with one attached hydrogen (secondary N) is 1. The van der Waals surface area contributed by atoms with Crippen LogP contribution in [0.3, 0.4) is 0 Å². The maximum Gasteiger partial charge on any atom is 0.231 e. The first-order valence-corrected chi connectivity index (χ1v) is 10.3. The Balaban J connectivity index is 1.50. The Hall–Kier alpha value is -3.80. The van der Waals surface area contributed by atoms with E-state index in [1.165, 1.54) is 0 Å². The molecule has 6 heteroatoms. The number of aryl methyl sites for hydroxylation is 2. The molecule has 2 aromatic carbocycles. The van der Waals surface area contributed by atoms with Crippen molar-refractivity contribution in [3.8, 4) is 11.5 Å². The number of benzene rings is 2. The van der Waals surface area contributed by atoms with E-state index in [1.54, 1.807) is 0 Å². The molecule has 0 spiro atoms. The van der Waals surface area contributed by atoms with Crippen molar-refractivity contribution in [1.29, 1.82) is 0 Å². The molecule has 1 aliphatic heterocycles. The van der Waals surface area contributed by atoms with Crippen LogP contribution in [0.25, 0.3) is 5.65 Å². The van der Waals surface area contributed by atoms with Crippen molar-refractivity contribution in [1.82, 2.24) is 9.38 Å². The lowest BCUT2D eigenvalue weighted by Crippen LogP contribution is -2.17. The highest BCUT2D eigenvalue weighted by atomic mass is 16.7. The molecule has 1 amide bonds. The van der Waals surface area contributed by atoms with E-state index < -0.39 is 0 Å². The van der Waals surface area contributed by atoms with Gasteiger partial charge in [0, 0.05) is 30.4 Å². The predicted molar refractivity (Wildman–Crippen MR) is 119 cm³/mol. The summed E-state index contributed by atoms with van der Waals surface area (Å²) in [5.74, 6) is 1.16. The van der Waals surface area contributed by atoms with Crippen LogP contribution in [0.5, 0.6) is 11.5 Å². The third-order valence-electron chi connectivity index (χ3n) is 5.58. The van der Waals surface area contributed by atoms with Crippen molar-refractivity contribution in [3.63, 3.8) is 0 Å². The Morgan fingerprint density at radius 3 is 2.68 bits per heavy atom. The standard InChI is InChI=1S/C25H23N3O3/c1-16-3-6-19(7-4-16)27-25(29)13-20(18-5-8-22-23(12-18)31-15-30-22)21-14-26-24-11-17(2)9-10-28(21)24/h3-12,14,20H,13,15H2,1-2H3,(H,27,29). The third kappa shape index (κ3) is 3.84. The number of imidazole rings is 1. The molecular formula is C25H23N3O3. The molecule has 5 rings (SSSR count). The van der Waals surface area contributed by atoms with Crippen molar-refractivity contribution in [2.24, 2.45) is 0 Å². The molecule has 31 heavy (non-hydrogen) atoms. The molecule has 0 bridgehead atoms. The molecule has 1 unspecified atom stereocenters. The molecule has 1 aliphatic rings. The van der Waals surface area contributed by atoms with Crippen LogP contribution in [0.2, 0.25) is 0 Å². The maximum absolute atomic E-state index is 13.0. The summed E-state index contributed by atoms with van der Waals surface area (Å²) in [4.78, 5) is 17.6. The van der Waals surface area contributed by atoms with Gasteiger partial charge >= 0.3 is 0 Å². The Kier molecular flexibility index (Phi) is 4.82. The van der Waals surface area contributed by atoms with Crippen LogP contribution >= 0.6 is 0 Å². The van der Waals surface area contributed by atoms with Gasteiger partial charge in [-0.3, -0.25) is 4.79 Å². The first-order valence-electron chi connectivity index (χ1n) is 10.3. The van der Waals surface area contributed by atoms with Crippen LogP contribution in [-0.2, 0) is 4.79 Å². The van der Waals surface area contributed by atoms with Crippen LogP contribution < -0.4 is 14.8 Å². The highest BCUT2D eigenvalue weighted by molar-refractivity contribution is 5.91. The van der Waals surface area contributed by atoms with Crippen molar-refractivity contribution in [3.05, 3.63) is 89.4 Å². The number of hydrogen-bond acceptors (Lipinski definition) is 4. The van der Waals surface area contributed by atoms with Gasteiger partial charge in [0.25, 0.3) is 0 Å². The van der Waals surface area contributed by atoms with Gasteiger partial charge in [-0.15, -0.1) is 0 Å². The minimum Gasteiger partial charge on any atom is -0.454 e. The number of fused-ring (bicyclic) bond motifs is 2. The highest BCUT2D eigenvalue weighted by Gasteiger charge is 2.24. The number of anilines is 1. The van der Waals surface area contributed by atoms with Gasteiger partial charge in [0.2, 0.25) is 12.7 Å². The SMILES string of the molecule is Cc1ccc(NC(=O)CC(c2ccc3c(c2)OCO3)c2cnc3cc(C)ccn23)cc1. The summed E-state index contributed by atoms with van der Waals surface area (Å²) in [6.45, 7) is 4.28. The lowest BCUT2D eigenvalue weighted by Gasteiger charge is -2.18. The second-order valence-electron chi connectivity index (χ2n) is 7.90. The zero-order valence-electron chi connectivity index (χ0n) is 17.5. The summed E-state index contributed by atoms with van der Waals surface area (Å²) >= 11 is 0. The summed E-state index contributed by atoms with van der Waals surface area (Å²) in [6.07, 6.45) is 4.13. The smallest absolute Gasteiger partial charge is 0.231 e. The molecule has 0 saturated heterocycles. The number of hydrogen-bond donors (Lipinski definition) is 1. The fraction of sp³-hybridized carbons (Fsp3) is 0.200. The number of carbonyl (C=O) groups is 1. The molecule has 156 valence electrons. The van der Waals surface area contributed by atoms with E-state index in [0.717, 1.165) is 39.5 Å². The second kappa shape index (κ2) is 7.80. The first kappa shape index (κ1) is 19.2. The number of nitrogens with zero attached hydrogens (tertiary/aromatic N) is 2. The van der Waals surface area contributed by atoms with Gasteiger partial charge in [0.15, 0.2) is 11.5 Å². The first-order chi connectivity index (χ1) is 15.1. The average Bonchev–Trinajstić information content (AvgIpc) is 3.39. The highest BCUT2D eigenvalue weighted by Crippen LogP contribution is 2.38. The van der Waals surface area contributed by atoms with Crippen LogP contribution in [0, 0.1) is 13.8 Å². The Bertz CT molecular complexity index is 1260. The van der Waals surface area contributed by atoms with E-state index >= 15 is 0 Å². The quantitative estimate of drug-likeness (QED) is 0.508. The number of aromatic nitrogens is 2. The van der Waals surface area contributed by atoms with Crippen molar-refractivity contribution in [2.75, 3.05) is 12.1 Å². The molecule has 2 aromatic heterocycles. The van der Waals surface area contributed by atoms with E-state index in [-0.39, 0.29) is 25.0 Å². The molecule has 4 aromatic rings. The fourth-order valence-corrected chi connectivity index (χ4v) is 3.92. The lowest BCUT2D eigenvalue weighted by atomic mass is 9.92. The van der Waals surface area contributed by atoms with E-state index in [9.17, 15) is 4.79 Å². The lowest BCUT2D eigenvalue weighted by molar-refractivity contribution is -0.116. The third-order valence-corrected chi connectivity index (χ3v) is 5.58. The van der Waals surface area contributed by atoms with Gasteiger partial charge in [0.05, 0.1) is 5.69 Å². The zero-order chi connectivity index (χ0) is 21.4. The summed E-state index contributed by atoms with van der Waals surface area (Å²) < 4.78 is 13.1. The van der Waals surface area contributed by atoms with Gasteiger partial charge < -0.3 is 19.2 Å². The van der Waals surface area contributed by atoms with Crippen molar-refractivity contribution < 1.29 is 14.3 Å². The second-order valence-corrected chi connectivity index (χ2v) is 7.90. The number of ether oxygens (including phenoxy) is 2. The van der Waals surface area contributed by atoms with Crippen LogP contribution in [0.15, 0.2) is 67.0 Å². The molecule has 0 fully saturated rings. The predicted octanol–water partition coefficient (Wildman–Crippen LogP) is 4.84. The summed E-state index contributed by atoms with van der Waals surface area (Å²) in [6, 6.07) is 17.7. The number of carbonyl (C=O) groups excluding carboxylic acids is 1. The molecular weight excluding hydrogens is 390 g/mol. The van der Waals surface area contributed by atoms with Gasteiger partial charge in [0.1, 0.15) is 5.65 Å². The van der Waals surface area contributed by atoms with E-state index in [0.29, 0.717) is 5.75 Å². The van der Waals surface area contributed by atoms with Crippen LogP contribution in [-0.4, -0.2) is 22.1 Å². The van der Waals surface area contributed by atoms with Crippen LogP contribution in [0.1, 0.15) is 34.7 Å². The van der Waals surface area contributed by atoms with Gasteiger partial charge in [-0.1, -0.05) is 23.8 Å². The minimum absolute atomic E-state index is 0.0615. The molecule has 3 heterocycles. The maximum atomic E-state index is 13.0. The van der Waals surface area contributed by atoms with Crippen molar-refractivity contribution in [2.45, 2.75) is 26.2 Å². The molecule has 0 aliphatic carbocycles. The molecule has 1 atom stereocenters. The topological polar surface area (TPSA) is 64.9 Å². The van der Waals surface area contributed by atoms with Gasteiger partial charge in [-0.05, 0) is 61.4 Å². The number of pyridine rings is 1. The van der Waals surface area contributed by atoms with E-state index in [1.807, 2.05) is 85.2 Å². The van der Waals surface area contributed by atoms with Crippen molar-refractivity contribution >= 4 is 17.2 Å². The summed E-state index contributed by atoms with van der Waals surface area (Å²) in [7, 11) is 0. The largest absolute Gasteiger partial charge is 0.454 e. The zero-order valence-corrected chi connectivity index (χ0v) is 17.5. The average molecular weight is 413 g/mol. The van der Waals surface area contributed by atoms with Gasteiger partial charge in [-0.2, -0.15) is 0 Å². The summed E-state index contributed by atoms with van der Waals surface area (Å²) in [5.41, 5.74) is 5.87. The molecule has 0 saturated carbocycles. The minimum atomic E-state index is -0.197. The molecule has 0 radical (unpaired) electrons. The normalized spacial score (nSPS) is 13.4. The monoisotopic (exact) mass is 413 g/mol. The van der Waals surface area contributed by atoms with Crippen LogP contribution in [0.4, 0.5) is 5.69 Å². The van der Waals surface area contributed by atoms with Gasteiger partial charge in [-0.25, -0.2) is 4.98 Å². The van der Waals surface area contributed by atoms with E-state index in [2.05, 4.69) is 10.3 Å². The number of amides is 1. The molecule has 1 N–H and O–H groups in total. The van der Waals surface area contributed by atoms with E-state index in [4.69, 9.17) is 9.47 Å². The Labute approximate surface area is 180 Å². The Morgan fingerprint density at radius 1 is 1.03 bits per heavy atom. The number of rotatable bonds is 5. The Morgan fingerprint density at radius 2 is 1.84 bits per heavy atom. The fourth-order valence-electron chi connectivity index (χ4n) is 3.92. The molecule has 6 nitrogen and oxygen atoms in total. The summed E-state index contributed by atoms with van der Waals surface area (Å²) in [5, 5.41) is 3.02.